The molecule has 1 fully saturated rings. The van der Waals surface area contributed by atoms with E-state index < -0.39 is 10.0 Å². The van der Waals surface area contributed by atoms with E-state index in [2.05, 4.69) is 31.3 Å². The summed E-state index contributed by atoms with van der Waals surface area (Å²) in [6, 6.07) is 0. The van der Waals surface area contributed by atoms with E-state index in [0.29, 0.717) is 42.3 Å². The average Bonchev–Trinajstić information content (AvgIpc) is 2.38. The first-order valence-corrected chi connectivity index (χ1v) is 8.25. The molecule has 1 aromatic rings. The van der Waals surface area contributed by atoms with Crippen molar-refractivity contribution >= 4 is 37.6 Å². The van der Waals surface area contributed by atoms with Crippen LogP contribution in [0, 0.1) is 0 Å². The van der Waals surface area contributed by atoms with Crippen LogP contribution < -0.4 is 16.2 Å². The van der Waals surface area contributed by atoms with Crippen LogP contribution in [0.4, 0.5) is 11.6 Å². The summed E-state index contributed by atoms with van der Waals surface area (Å²) in [5.74, 6) is 6.55. The Morgan fingerprint density at radius 1 is 1.32 bits per heavy atom. The molecule has 106 valence electrons. The maximum absolute atomic E-state index is 11.4. The average molecular weight is 351 g/mol. The number of nitrogens with zero attached hydrogens (tertiary/aromatic N) is 4. The molecule has 0 saturated carbocycles. The van der Waals surface area contributed by atoms with E-state index >= 15 is 0 Å². The van der Waals surface area contributed by atoms with Gasteiger partial charge in [0.15, 0.2) is 5.82 Å². The highest BCUT2D eigenvalue weighted by atomic mass is 79.9. The quantitative estimate of drug-likeness (QED) is 0.564. The standard InChI is InChI=1S/C9H15BrN6O2S/c1-19(17,18)16-4-2-15(3-5-16)9-7(10)8(14-11)12-6-13-9/h6H,2-5,11H2,1H3,(H,12,13,14). The second kappa shape index (κ2) is 5.57. The van der Waals surface area contributed by atoms with Gasteiger partial charge in [0.1, 0.15) is 16.6 Å². The molecule has 0 unspecified atom stereocenters. The number of rotatable bonds is 3. The summed E-state index contributed by atoms with van der Waals surface area (Å²) in [4.78, 5) is 10.2. The van der Waals surface area contributed by atoms with Crippen LogP contribution in [-0.2, 0) is 10.0 Å². The zero-order valence-corrected chi connectivity index (χ0v) is 12.8. The normalized spacial score (nSPS) is 17.5. The zero-order chi connectivity index (χ0) is 14.0. The minimum absolute atomic E-state index is 0.445. The Morgan fingerprint density at radius 3 is 2.47 bits per heavy atom. The fourth-order valence-electron chi connectivity index (χ4n) is 1.91. The van der Waals surface area contributed by atoms with Gasteiger partial charge >= 0.3 is 0 Å². The van der Waals surface area contributed by atoms with Gasteiger partial charge < -0.3 is 10.3 Å². The van der Waals surface area contributed by atoms with E-state index in [0.717, 1.165) is 0 Å². The van der Waals surface area contributed by atoms with Crippen molar-refractivity contribution in [3.8, 4) is 0 Å². The Hall–Kier alpha value is -0.970. The van der Waals surface area contributed by atoms with E-state index in [1.54, 1.807) is 0 Å². The second-order valence-electron chi connectivity index (χ2n) is 4.15. The monoisotopic (exact) mass is 350 g/mol. The van der Waals surface area contributed by atoms with Gasteiger partial charge in [-0.05, 0) is 15.9 Å². The number of anilines is 2. The molecule has 10 heteroatoms. The zero-order valence-electron chi connectivity index (χ0n) is 10.4. The van der Waals surface area contributed by atoms with Crippen LogP contribution in [-0.4, -0.2) is 55.1 Å². The van der Waals surface area contributed by atoms with Crippen LogP contribution >= 0.6 is 15.9 Å². The predicted molar refractivity (Wildman–Crippen MR) is 76.2 cm³/mol. The van der Waals surface area contributed by atoms with Gasteiger partial charge in [0.25, 0.3) is 0 Å². The molecule has 2 rings (SSSR count). The Bertz CT molecular complexity index is 558. The van der Waals surface area contributed by atoms with Gasteiger partial charge in [0.2, 0.25) is 10.0 Å². The Labute approximate surface area is 120 Å². The van der Waals surface area contributed by atoms with Gasteiger partial charge in [0.05, 0.1) is 6.26 Å². The number of sulfonamides is 1. The Balaban J connectivity index is 2.14. The van der Waals surface area contributed by atoms with Gasteiger partial charge in [-0.25, -0.2) is 24.2 Å². The number of nitrogens with one attached hydrogen (secondary N) is 1. The number of nitrogen functional groups attached to an aromatic ring is 1. The number of piperazine rings is 1. The van der Waals surface area contributed by atoms with Crippen molar-refractivity contribution in [2.45, 2.75) is 0 Å². The van der Waals surface area contributed by atoms with Gasteiger partial charge in [-0.3, -0.25) is 0 Å². The highest BCUT2D eigenvalue weighted by Gasteiger charge is 2.25. The van der Waals surface area contributed by atoms with Crippen LogP contribution in [0.2, 0.25) is 0 Å². The first-order chi connectivity index (χ1) is 8.93. The SMILES string of the molecule is CS(=O)(=O)N1CCN(c2ncnc(NN)c2Br)CC1. The largest absolute Gasteiger partial charge is 0.353 e. The molecular weight excluding hydrogens is 336 g/mol. The van der Waals surface area contributed by atoms with Crippen molar-refractivity contribution in [1.29, 1.82) is 0 Å². The summed E-state index contributed by atoms with van der Waals surface area (Å²) in [5.41, 5.74) is 2.48. The Morgan fingerprint density at radius 2 is 1.95 bits per heavy atom. The van der Waals surface area contributed by atoms with Crippen molar-refractivity contribution in [2.24, 2.45) is 5.84 Å². The first-order valence-electron chi connectivity index (χ1n) is 5.60. The number of aromatic nitrogens is 2. The summed E-state index contributed by atoms with van der Waals surface area (Å²) < 4.78 is 25.0. The molecule has 0 aliphatic carbocycles. The topological polar surface area (TPSA) is 104 Å². The summed E-state index contributed by atoms with van der Waals surface area (Å²) in [6.07, 6.45) is 2.64. The molecule has 19 heavy (non-hydrogen) atoms. The number of hydrogen-bond acceptors (Lipinski definition) is 7. The molecule has 3 N–H and O–H groups in total. The minimum Gasteiger partial charge on any atom is -0.353 e. The third kappa shape index (κ3) is 3.14. The van der Waals surface area contributed by atoms with Crippen LogP contribution in [0.3, 0.4) is 0 Å². The van der Waals surface area contributed by atoms with Crippen LogP contribution in [0.1, 0.15) is 0 Å². The molecule has 0 atom stereocenters. The van der Waals surface area contributed by atoms with Crippen LogP contribution in [0.5, 0.6) is 0 Å². The number of hydrogen-bond donors (Lipinski definition) is 2. The van der Waals surface area contributed by atoms with E-state index in [1.807, 2.05) is 4.90 Å². The molecule has 0 spiro atoms. The van der Waals surface area contributed by atoms with Gasteiger partial charge in [-0.15, -0.1) is 0 Å². The maximum atomic E-state index is 11.4. The van der Waals surface area contributed by atoms with E-state index in [1.165, 1.54) is 16.9 Å². The smallest absolute Gasteiger partial charge is 0.211 e. The fraction of sp³-hybridized carbons (Fsp3) is 0.556. The fourth-order valence-corrected chi connectivity index (χ4v) is 3.31. The molecule has 1 aliphatic rings. The van der Waals surface area contributed by atoms with E-state index in [-0.39, 0.29) is 0 Å². The molecular formula is C9H15BrN6O2S. The number of nitrogens with two attached hydrogens (primary N) is 1. The predicted octanol–water partition coefficient (Wildman–Crippen LogP) is -0.394. The molecule has 0 bridgehead atoms. The maximum Gasteiger partial charge on any atom is 0.211 e. The third-order valence-corrected chi connectivity index (χ3v) is 4.95. The van der Waals surface area contributed by atoms with Crippen LogP contribution in [0.25, 0.3) is 0 Å². The van der Waals surface area contributed by atoms with Crippen molar-refractivity contribution in [2.75, 3.05) is 42.8 Å². The van der Waals surface area contributed by atoms with Gasteiger partial charge in [-0.2, -0.15) is 4.31 Å². The molecule has 8 nitrogen and oxygen atoms in total. The highest BCUT2D eigenvalue weighted by Crippen LogP contribution is 2.29. The van der Waals surface area contributed by atoms with Crippen molar-refractivity contribution < 1.29 is 8.42 Å². The summed E-state index contributed by atoms with van der Waals surface area (Å²) in [7, 11) is -3.12. The molecule has 1 saturated heterocycles. The lowest BCUT2D eigenvalue weighted by Gasteiger charge is -2.34. The molecule has 1 aromatic heterocycles. The molecule has 1 aliphatic heterocycles. The van der Waals surface area contributed by atoms with Crippen LogP contribution in [0.15, 0.2) is 10.8 Å². The second-order valence-corrected chi connectivity index (χ2v) is 6.93. The summed E-state index contributed by atoms with van der Waals surface area (Å²) >= 11 is 3.39. The molecule has 0 aromatic carbocycles. The Kier molecular flexibility index (Phi) is 4.23. The lowest BCUT2D eigenvalue weighted by atomic mass is 10.3. The van der Waals surface area contributed by atoms with E-state index in [9.17, 15) is 8.42 Å². The number of hydrazine groups is 1. The summed E-state index contributed by atoms with van der Waals surface area (Å²) in [5, 5.41) is 0. The van der Waals surface area contributed by atoms with E-state index in [4.69, 9.17) is 5.84 Å². The van der Waals surface area contributed by atoms with Crippen molar-refractivity contribution in [1.82, 2.24) is 14.3 Å². The highest BCUT2D eigenvalue weighted by molar-refractivity contribution is 9.10. The summed E-state index contributed by atoms with van der Waals surface area (Å²) in [6.45, 7) is 2.04. The lowest BCUT2D eigenvalue weighted by Crippen LogP contribution is -2.48. The third-order valence-electron chi connectivity index (χ3n) is 2.91. The van der Waals surface area contributed by atoms with Crippen molar-refractivity contribution in [3.05, 3.63) is 10.8 Å². The number of halogens is 1. The molecule has 2 heterocycles. The van der Waals surface area contributed by atoms with Crippen molar-refractivity contribution in [3.63, 3.8) is 0 Å². The lowest BCUT2D eigenvalue weighted by molar-refractivity contribution is 0.386. The minimum atomic E-state index is -3.12. The van der Waals surface area contributed by atoms with Gasteiger partial charge in [-0.1, -0.05) is 0 Å². The molecule has 0 radical (unpaired) electrons. The first kappa shape index (κ1) is 14.4. The molecule has 0 amide bonds. The van der Waals surface area contributed by atoms with Gasteiger partial charge in [0, 0.05) is 26.2 Å².